The van der Waals surface area contributed by atoms with Gasteiger partial charge in [-0.3, -0.25) is 4.79 Å². The monoisotopic (exact) mass is 250 g/mol. The van der Waals surface area contributed by atoms with Crippen molar-refractivity contribution < 1.29 is 9.90 Å². The Hall–Kier alpha value is -1.29. The van der Waals surface area contributed by atoms with E-state index >= 15 is 0 Å². The first-order valence-electron chi connectivity index (χ1n) is 6.65. The van der Waals surface area contributed by atoms with Gasteiger partial charge in [0.15, 0.2) is 0 Å². The van der Waals surface area contributed by atoms with Crippen LogP contribution in [-0.4, -0.2) is 40.2 Å². The van der Waals surface area contributed by atoms with Gasteiger partial charge in [-0.2, -0.15) is 0 Å². The third-order valence-electron chi connectivity index (χ3n) is 4.08. The number of rotatable bonds is 3. The van der Waals surface area contributed by atoms with Crippen LogP contribution in [0, 0.1) is 11.8 Å². The molecule has 2 rings (SSSR count). The highest BCUT2D eigenvalue weighted by Crippen LogP contribution is 2.25. The highest BCUT2D eigenvalue weighted by molar-refractivity contribution is 5.92. The van der Waals surface area contributed by atoms with Crippen molar-refractivity contribution in [3.05, 3.63) is 24.0 Å². The number of nitrogens with zero attached hydrogens (tertiary/aromatic N) is 2. The lowest BCUT2D eigenvalue weighted by Crippen LogP contribution is -2.40. The summed E-state index contributed by atoms with van der Waals surface area (Å²) in [7, 11) is 1.90. The summed E-state index contributed by atoms with van der Waals surface area (Å²) in [6, 6.07) is 3.76. The lowest BCUT2D eigenvalue weighted by molar-refractivity contribution is 0.0623. The molecule has 4 nitrogen and oxygen atoms in total. The maximum atomic E-state index is 12.3. The predicted molar refractivity (Wildman–Crippen MR) is 70.3 cm³/mol. The van der Waals surface area contributed by atoms with Gasteiger partial charge in [-0.1, -0.05) is 6.92 Å². The molecule has 1 fully saturated rings. The van der Waals surface area contributed by atoms with Crippen LogP contribution < -0.4 is 0 Å². The molecule has 1 unspecified atom stereocenters. The van der Waals surface area contributed by atoms with E-state index < -0.39 is 0 Å². The number of hydrogen-bond acceptors (Lipinski definition) is 2. The fraction of sp³-hybridized carbons (Fsp3) is 0.643. The van der Waals surface area contributed by atoms with Crippen LogP contribution in [0.15, 0.2) is 18.3 Å². The molecule has 1 atom stereocenters. The minimum atomic E-state index is 0.123. The number of hydrogen-bond donors (Lipinski definition) is 1. The molecule has 1 saturated heterocycles. The molecular formula is C14H22N2O2. The lowest BCUT2D eigenvalue weighted by atomic mass is 9.86. The topological polar surface area (TPSA) is 45.5 Å². The SMILES string of the molecule is CC(CO)C1CCN(C(=O)c2cccn2C)CC1. The van der Waals surface area contributed by atoms with E-state index in [1.165, 1.54) is 0 Å². The maximum absolute atomic E-state index is 12.3. The average Bonchev–Trinajstić information content (AvgIpc) is 2.83. The van der Waals surface area contributed by atoms with Crippen molar-refractivity contribution in [1.29, 1.82) is 0 Å². The van der Waals surface area contributed by atoms with E-state index in [-0.39, 0.29) is 12.5 Å². The highest BCUT2D eigenvalue weighted by atomic mass is 16.3. The zero-order chi connectivity index (χ0) is 13.1. The Labute approximate surface area is 108 Å². The average molecular weight is 250 g/mol. The molecule has 1 N–H and O–H groups in total. The van der Waals surface area contributed by atoms with Crippen LogP contribution >= 0.6 is 0 Å². The van der Waals surface area contributed by atoms with E-state index in [0.29, 0.717) is 11.8 Å². The number of amides is 1. The van der Waals surface area contributed by atoms with Crippen LogP contribution in [0.4, 0.5) is 0 Å². The standard InChI is InChI=1S/C14H22N2O2/c1-11(10-17)12-5-8-16(9-6-12)14(18)13-4-3-7-15(13)2/h3-4,7,11-12,17H,5-6,8-10H2,1-2H3. The van der Waals surface area contributed by atoms with E-state index in [1.807, 2.05) is 34.8 Å². The maximum Gasteiger partial charge on any atom is 0.270 e. The van der Waals surface area contributed by atoms with Crippen molar-refractivity contribution in [3.63, 3.8) is 0 Å². The van der Waals surface area contributed by atoms with Gasteiger partial charge >= 0.3 is 0 Å². The van der Waals surface area contributed by atoms with Crippen molar-refractivity contribution >= 4 is 5.91 Å². The van der Waals surface area contributed by atoms with Gasteiger partial charge in [-0.25, -0.2) is 0 Å². The van der Waals surface area contributed by atoms with Gasteiger partial charge < -0.3 is 14.6 Å². The largest absolute Gasteiger partial charge is 0.396 e. The first-order chi connectivity index (χ1) is 8.63. The molecule has 1 aliphatic rings. The van der Waals surface area contributed by atoms with Crippen LogP contribution in [0.3, 0.4) is 0 Å². The molecule has 1 aromatic rings. The quantitative estimate of drug-likeness (QED) is 0.883. The molecular weight excluding hydrogens is 228 g/mol. The van der Waals surface area contributed by atoms with Crippen LogP contribution in [0.25, 0.3) is 0 Å². The second-order valence-corrected chi connectivity index (χ2v) is 5.29. The number of likely N-dealkylation sites (tertiary alicyclic amines) is 1. The van der Waals surface area contributed by atoms with Crippen LogP contribution in [0.5, 0.6) is 0 Å². The first kappa shape index (κ1) is 13.1. The van der Waals surface area contributed by atoms with Crippen LogP contribution in [0.2, 0.25) is 0 Å². The van der Waals surface area contributed by atoms with Crippen LogP contribution in [-0.2, 0) is 7.05 Å². The predicted octanol–water partition coefficient (Wildman–Crippen LogP) is 1.51. The zero-order valence-electron chi connectivity index (χ0n) is 11.2. The number of aliphatic hydroxyl groups is 1. The van der Waals surface area contributed by atoms with E-state index in [0.717, 1.165) is 31.6 Å². The van der Waals surface area contributed by atoms with Crippen molar-refractivity contribution in [3.8, 4) is 0 Å². The van der Waals surface area contributed by atoms with Crippen LogP contribution in [0.1, 0.15) is 30.3 Å². The number of aliphatic hydroxyl groups excluding tert-OH is 1. The van der Waals surface area contributed by atoms with Crippen molar-refractivity contribution in [2.75, 3.05) is 19.7 Å². The van der Waals surface area contributed by atoms with Gasteiger partial charge in [-0.05, 0) is 36.8 Å². The molecule has 2 heterocycles. The summed E-state index contributed by atoms with van der Waals surface area (Å²) < 4.78 is 1.87. The molecule has 0 bridgehead atoms. The third kappa shape index (κ3) is 2.58. The molecule has 0 spiro atoms. The van der Waals surface area contributed by atoms with E-state index in [4.69, 9.17) is 5.11 Å². The van der Waals surface area contributed by atoms with Crippen molar-refractivity contribution in [2.45, 2.75) is 19.8 Å². The molecule has 0 radical (unpaired) electrons. The minimum Gasteiger partial charge on any atom is -0.396 e. The molecule has 0 aliphatic carbocycles. The summed E-state index contributed by atoms with van der Waals surface area (Å²) in [5.74, 6) is 1.02. The van der Waals surface area contributed by atoms with Gasteiger partial charge in [-0.15, -0.1) is 0 Å². The Balaban J connectivity index is 1.94. The number of carbonyl (C=O) groups excluding carboxylic acids is 1. The molecule has 0 aromatic carbocycles. The zero-order valence-corrected chi connectivity index (χ0v) is 11.2. The fourth-order valence-corrected chi connectivity index (χ4v) is 2.67. The minimum absolute atomic E-state index is 0.123. The smallest absolute Gasteiger partial charge is 0.270 e. The third-order valence-corrected chi connectivity index (χ3v) is 4.08. The summed E-state index contributed by atoms with van der Waals surface area (Å²) in [6.45, 7) is 3.94. The summed E-state index contributed by atoms with van der Waals surface area (Å²) >= 11 is 0. The molecule has 18 heavy (non-hydrogen) atoms. The molecule has 100 valence electrons. The molecule has 1 aromatic heterocycles. The molecule has 1 aliphatic heterocycles. The van der Waals surface area contributed by atoms with Gasteiger partial charge in [0, 0.05) is 32.9 Å². The Morgan fingerprint density at radius 2 is 2.17 bits per heavy atom. The number of carbonyl (C=O) groups is 1. The first-order valence-corrected chi connectivity index (χ1v) is 6.65. The summed E-state index contributed by atoms with van der Waals surface area (Å²) in [5, 5.41) is 9.16. The lowest BCUT2D eigenvalue weighted by Gasteiger charge is -2.34. The second-order valence-electron chi connectivity index (χ2n) is 5.29. The second kappa shape index (κ2) is 5.57. The van der Waals surface area contributed by atoms with E-state index in [9.17, 15) is 4.79 Å². The summed E-state index contributed by atoms with van der Waals surface area (Å²) in [6.07, 6.45) is 3.89. The molecule has 1 amide bonds. The van der Waals surface area contributed by atoms with Gasteiger partial charge in [0.25, 0.3) is 5.91 Å². The number of aromatic nitrogens is 1. The Morgan fingerprint density at radius 3 is 2.67 bits per heavy atom. The van der Waals surface area contributed by atoms with E-state index in [1.54, 1.807) is 0 Å². The number of piperidine rings is 1. The Kier molecular flexibility index (Phi) is 4.07. The Bertz CT molecular complexity index is 406. The van der Waals surface area contributed by atoms with Crippen molar-refractivity contribution in [2.24, 2.45) is 18.9 Å². The van der Waals surface area contributed by atoms with Gasteiger partial charge in [0.05, 0.1) is 0 Å². The normalized spacial score (nSPS) is 18.9. The summed E-state index contributed by atoms with van der Waals surface area (Å²) in [4.78, 5) is 14.2. The van der Waals surface area contributed by atoms with Crippen molar-refractivity contribution in [1.82, 2.24) is 9.47 Å². The van der Waals surface area contributed by atoms with E-state index in [2.05, 4.69) is 6.92 Å². The molecule has 4 heteroatoms. The Morgan fingerprint density at radius 1 is 1.50 bits per heavy atom. The van der Waals surface area contributed by atoms with Gasteiger partial charge in [0.1, 0.15) is 5.69 Å². The van der Waals surface area contributed by atoms with Gasteiger partial charge in [0.2, 0.25) is 0 Å². The fourth-order valence-electron chi connectivity index (χ4n) is 2.67. The summed E-state index contributed by atoms with van der Waals surface area (Å²) in [5.41, 5.74) is 0.753. The number of aryl methyl sites for hydroxylation is 1. The highest BCUT2D eigenvalue weighted by Gasteiger charge is 2.27. The molecule has 0 saturated carbocycles.